The van der Waals surface area contributed by atoms with Gasteiger partial charge in [0.1, 0.15) is 5.82 Å². The van der Waals surface area contributed by atoms with Crippen LogP contribution >= 0.6 is 11.6 Å². The van der Waals surface area contributed by atoms with Crippen molar-refractivity contribution in [3.05, 3.63) is 58.4 Å². The minimum Gasteiger partial charge on any atom is -0.206 e. The first-order valence-corrected chi connectivity index (χ1v) is 5.73. The van der Waals surface area contributed by atoms with Crippen LogP contribution in [0.3, 0.4) is 0 Å². The van der Waals surface area contributed by atoms with E-state index >= 15 is 0 Å². The van der Waals surface area contributed by atoms with E-state index in [0.717, 1.165) is 6.07 Å². The number of rotatable bonds is 1. The van der Waals surface area contributed by atoms with Gasteiger partial charge in [-0.15, -0.1) is 0 Å². The molecule has 1 radical (unpaired) electrons. The van der Waals surface area contributed by atoms with Gasteiger partial charge in [0.05, 0.1) is 10.6 Å². The third-order valence-electron chi connectivity index (χ3n) is 2.78. The zero-order chi connectivity index (χ0) is 14.2. The van der Waals surface area contributed by atoms with Crippen LogP contribution in [-0.2, 0) is 6.18 Å². The zero-order valence-corrected chi connectivity index (χ0v) is 10.5. The van der Waals surface area contributed by atoms with Gasteiger partial charge in [-0.25, -0.2) is 4.39 Å². The standard InChI is InChI=1S/C14H8ClF4/c1-8-9(4-3-7-12(8)16)10-5-2-6-11(15)13(10)14(17,18)19/h2-6H,1H3. The maximum Gasteiger partial charge on any atom is 0.418 e. The molecule has 5 heteroatoms. The van der Waals surface area contributed by atoms with Gasteiger partial charge in [-0.3, -0.25) is 0 Å². The van der Waals surface area contributed by atoms with Crippen LogP contribution in [0.1, 0.15) is 11.1 Å². The van der Waals surface area contributed by atoms with Gasteiger partial charge in [0, 0.05) is 6.07 Å². The Morgan fingerprint density at radius 2 is 1.79 bits per heavy atom. The van der Waals surface area contributed by atoms with Crippen molar-refractivity contribution in [2.75, 3.05) is 0 Å². The Morgan fingerprint density at radius 1 is 1.11 bits per heavy atom. The van der Waals surface area contributed by atoms with Gasteiger partial charge in [0.25, 0.3) is 0 Å². The molecule has 0 saturated heterocycles. The van der Waals surface area contributed by atoms with E-state index in [0.29, 0.717) is 0 Å². The highest BCUT2D eigenvalue weighted by atomic mass is 35.5. The molecule has 0 N–H and O–H groups in total. The van der Waals surface area contributed by atoms with E-state index in [1.807, 2.05) is 0 Å². The van der Waals surface area contributed by atoms with E-state index in [-0.39, 0.29) is 16.7 Å². The second-order valence-corrected chi connectivity index (χ2v) is 4.40. The number of hydrogen-bond donors (Lipinski definition) is 0. The summed E-state index contributed by atoms with van der Waals surface area (Å²) >= 11 is 5.63. The Kier molecular flexibility index (Phi) is 3.54. The highest BCUT2D eigenvalue weighted by Crippen LogP contribution is 2.42. The lowest BCUT2D eigenvalue weighted by atomic mass is 9.95. The fraction of sp³-hybridized carbons (Fsp3) is 0.143. The van der Waals surface area contributed by atoms with E-state index in [1.165, 1.54) is 31.2 Å². The third-order valence-corrected chi connectivity index (χ3v) is 3.10. The largest absolute Gasteiger partial charge is 0.418 e. The van der Waals surface area contributed by atoms with E-state index in [9.17, 15) is 17.6 Å². The van der Waals surface area contributed by atoms with Crippen molar-refractivity contribution in [1.82, 2.24) is 0 Å². The van der Waals surface area contributed by atoms with Crippen molar-refractivity contribution in [2.45, 2.75) is 13.1 Å². The van der Waals surface area contributed by atoms with Crippen LogP contribution < -0.4 is 0 Å². The van der Waals surface area contributed by atoms with Crippen molar-refractivity contribution in [1.29, 1.82) is 0 Å². The Balaban J connectivity index is 2.77. The molecule has 99 valence electrons. The molecule has 0 bridgehead atoms. The summed E-state index contributed by atoms with van der Waals surface area (Å²) in [7, 11) is 0. The van der Waals surface area contributed by atoms with Crippen molar-refractivity contribution in [2.24, 2.45) is 0 Å². The van der Waals surface area contributed by atoms with Crippen LogP contribution in [-0.4, -0.2) is 0 Å². The Bertz CT molecular complexity index is 617. The lowest BCUT2D eigenvalue weighted by Crippen LogP contribution is -2.08. The van der Waals surface area contributed by atoms with Crippen molar-refractivity contribution >= 4 is 11.6 Å². The van der Waals surface area contributed by atoms with Gasteiger partial charge in [-0.2, -0.15) is 13.2 Å². The van der Waals surface area contributed by atoms with Gasteiger partial charge in [0.2, 0.25) is 0 Å². The van der Waals surface area contributed by atoms with Gasteiger partial charge in [-0.05, 0) is 29.7 Å². The molecule has 2 aromatic rings. The van der Waals surface area contributed by atoms with Crippen LogP contribution in [0.5, 0.6) is 0 Å². The Labute approximate surface area is 112 Å². The molecule has 0 aliphatic carbocycles. The molecule has 0 amide bonds. The molecule has 0 aliphatic rings. The van der Waals surface area contributed by atoms with Crippen LogP contribution in [0.15, 0.2) is 30.3 Å². The predicted molar refractivity (Wildman–Crippen MR) is 65.4 cm³/mol. The molecular formula is C14H8ClF4. The number of benzene rings is 2. The summed E-state index contributed by atoms with van der Waals surface area (Å²) in [5.74, 6) is -0.675. The lowest BCUT2D eigenvalue weighted by Gasteiger charge is -2.16. The molecule has 0 unspecified atom stereocenters. The van der Waals surface area contributed by atoms with Gasteiger partial charge < -0.3 is 0 Å². The van der Waals surface area contributed by atoms with Crippen LogP contribution in [0, 0.1) is 18.8 Å². The first-order valence-electron chi connectivity index (χ1n) is 5.35. The smallest absolute Gasteiger partial charge is 0.206 e. The Morgan fingerprint density at radius 3 is 2.42 bits per heavy atom. The van der Waals surface area contributed by atoms with Gasteiger partial charge in [0.15, 0.2) is 0 Å². The summed E-state index contributed by atoms with van der Waals surface area (Å²) in [5.41, 5.74) is -0.822. The van der Waals surface area contributed by atoms with Crippen molar-refractivity contribution in [3.8, 4) is 11.1 Å². The van der Waals surface area contributed by atoms with Crippen molar-refractivity contribution in [3.63, 3.8) is 0 Å². The number of halogens is 5. The molecule has 0 spiro atoms. The van der Waals surface area contributed by atoms with Gasteiger partial charge in [-0.1, -0.05) is 35.9 Å². The second-order valence-electron chi connectivity index (χ2n) is 3.99. The molecule has 0 aliphatic heterocycles. The molecule has 0 heterocycles. The first kappa shape index (κ1) is 13.9. The molecule has 2 rings (SSSR count). The summed E-state index contributed by atoms with van der Waals surface area (Å²) in [6.07, 6.45) is -4.60. The zero-order valence-electron chi connectivity index (χ0n) is 9.78. The van der Waals surface area contributed by atoms with E-state index in [4.69, 9.17) is 11.6 Å². The normalized spacial score (nSPS) is 11.7. The fourth-order valence-electron chi connectivity index (χ4n) is 1.88. The summed E-state index contributed by atoms with van der Waals surface area (Å²) in [5, 5.41) is -0.405. The lowest BCUT2D eigenvalue weighted by molar-refractivity contribution is -0.137. The summed E-state index contributed by atoms with van der Waals surface area (Å²) in [4.78, 5) is 0. The average molecular weight is 288 g/mol. The minimum absolute atomic E-state index is 0.107. The molecule has 0 aromatic heterocycles. The summed E-state index contributed by atoms with van der Waals surface area (Å²) < 4.78 is 52.5. The third kappa shape index (κ3) is 2.59. The molecule has 0 fully saturated rings. The topological polar surface area (TPSA) is 0 Å². The maximum atomic E-state index is 13.4. The monoisotopic (exact) mass is 287 g/mol. The van der Waals surface area contributed by atoms with Crippen LogP contribution in [0.4, 0.5) is 17.6 Å². The van der Waals surface area contributed by atoms with Gasteiger partial charge >= 0.3 is 6.18 Å². The molecule has 2 aromatic carbocycles. The Hall–Kier alpha value is -1.55. The van der Waals surface area contributed by atoms with E-state index < -0.39 is 22.6 Å². The maximum absolute atomic E-state index is 13.4. The summed E-state index contributed by atoms with van der Waals surface area (Å²) in [6.45, 7) is 1.40. The first-order chi connectivity index (χ1) is 8.82. The van der Waals surface area contributed by atoms with E-state index in [2.05, 4.69) is 6.07 Å². The quantitative estimate of drug-likeness (QED) is 0.627. The highest BCUT2D eigenvalue weighted by Gasteiger charge is 2.36. The second kappa shape index (κ2) is 4.85. The molecule has 0 saturated carbocycles. The van der Waals surface area contributed by atoms with E-state index in [1.54, 1.807) is 0 Å². The average Bonchev–Trinajstić information content (AvgIpc) is 2.30. The molecule has 0 nitrogen and oxygen atoms in total. The number of alkyl halides is 3. The SMILES string of the molecule is Cc1c(F)[c]ccc1-c1cccc(Cl)c1C(F)(F)F. The predicted octanol–water partition coefficient (Wildman–Crippen LogP) is 5.27. The molecule has 19 heavy (non-hydrogen) atoms. The fourth-order valence-corrected chi connectivity index (χ4v) is 2.16. The number of hydrogen-bond acceptors (Lipinski definition) is 0. The highest BCUT2D eigenvalue weighted by molar-refractivity contribution is 6.31. The van der Waals surface area contributed by atoms with Crippen LogP contribution in [0.2, 0.25) is 5.02 Å². The molecular weight excluding hydrogens is 280 g/mol. The minimum atomic E-state index is -4.60. The van der Waals surface area contributed by atoms with Crippen LogP contribution in [0.25, 0.3) is 11.1 Å². The summed E-state index contributed by atoms with van der Waals surface area (Å²) in [6, 6.07) is 8.78. The van der Waals surface area contributed by atoms with Crippen molar-refractivity contribution < 1.29 is 17.6 Å². The molecule has 0 atom stereocenters.